The Kier molecular flexibility index (Phi) is 3.46. The number of carboxylic acid groups (broad SMARTS) is 1. The van der Waals surface area contributed by atoms with Gasteiger partial charge in [0, 0.05) is 6.20 Å². The van der Waals surface area contributed by atoms with Gasteiger partial charge in [0.05, 0.1) is 6.54 Å². The van der Waals surface area contributed by atoms with Crippen molar-refractivity contribution >= 4 is 5.97 Å². The molecule has 0 saturated carbocycles. The predicted molar refractivity (Wildman–Crippen MR) is 68.8 cm³/mol. The van der Waals surface area contributed by atoms with Crippen LogP contribution in [0, 0.1) is 0 Å². The van der Waals surface area contributed by atoms with Crippen molar-refractivity contribution in [1.29, 1.82) is 0 Å². The molecule has 94 valence electrons. The normalized spacial score (nSPS) is 10.8. The Morgan fingerprint density at radius 2 is 1.94 bits per heavy atom. The standard InChI is InChI=1S/C14H16N2O2/c1-10(2)12-5-3-11(4-6-12)9-16-13(14(17)18)7-8-15-16/h3-8,10H,9H2,1-2H3,(H,17,18). The molecule has 0 saturated heterocycles. The highest BCUT2D eigenvalue weighted by Gasteiger charge is 2.10. The van der Waals surface area contributed by atoms with Crippen LogP contribution in [0.1, 0.15) is 41.4 Å². The number of aromatic nitrogens is 2. The van der Waals surface area contributed by atoms with Crippen LogP contribution in [0.15, 0.2) is 36.5 Å². The fourth-order valence-electron chi connectivity index (χ4n) is 1.82. The van der Waals surface area contributed by atoms with Gasteiger partial charge in [-0.25, -0.2) is 4.79 Å². The van der Waals surface area contributed by atoms with Crippen molar-refractivity contribution in [1.82, 2.24) is 9.78 Å². The second kappa shape index (κ2) is 5.04. The van der Waals surface area contributed by atoms with Gasteiger partial charge in [-0.3, -0.25) is 4.68 Å². The third kappa shape index (κ3) is 2.59. The van der Waals surface area contributed by atoms with Gasteiger partial charge in [0.15, 0.2) is 0 Å². The fourth-order valence-corrected chi connectivity index (χ4v) is 1.82. The molecule has 0 fully saturated rings. The maximum Gasteiger partial charge on any atom is 0.354 e. The number of aromatic carboxylic acids is 1. The lowest BCUT2D eigenvalue weighted by atomic mass is 10.0. The maximum absolute atomic E-state index is 11.0. The molecule has 18 heavy (non-hydrogen) atoms. The van der Waals surface area contributed by atoms with E-state index < -0.39 is 5.97 Å². The van der Waals surface area contributed by atoms with Crippen molar-refractivity contribution in [3.63, 3.8) is 0 Å². The summed E-state index contributed by atoms with van der Waals surface area (Å²) >= 11 is 0. The molecule has 0 bridgehead atoms. The molecule has 2 rings (SSSR count). The minimum Gasteiger partial charge on any atom is -0.477 e. The van der Waals surface area contributed by atoms with Gasteiger partial charge in [-0.1, -0.05) is 38.1 Å². The number of carboxylic acids is 1. The van der Waals surface area contributed by atoms with Crippen LogP contribution in [0.3, 0.4) is 0 Å². The van der Waals surface area contributed by atoms with Crippen LogP contribution >= 0.6 is 0 Å². The molecular weight excluding hydrogens is 228 g/mol. The first-order valence-corrected chi connectivity index (χ1v) is 5.92. The minimum absolute atomic E-state index is 0.211. The number of hydrogen-bond donors (Lipinski definition) is 1. The van der Waals surface area contributed by atoms with E-state index in [2.05, 4.69) is 31.1 Å². The van der Waals surface area contributed by atoms with Crippen LogP contribution in [0.5, 0.6) is 0 Å². The summed E-state index contributed by atoms with van der Waals surface area (Å²) < 4.78 is 1.49. The minimum atomic E-state index is -0.952. The Morgan fingerprint density at radius 1 is 1.28 bits per heavy atom. The highest BCUT2D eigenvalue weighted by molar-refractivity contribution is 5.85. The largest absolute Gasteiger partial charge is 0.477 e. The summed E-state index contributed by atoms with van der Waals surface area (Å²) in [6.07, 6.45) is 1.51. The number of benzene rings is 1. The fraction of sp³-hybridized carbons (Fsp3) is 0.286. The molecule has 1 aromatic heterocycles. The zero-order valence-corrected chi connectivity index (χ0v) is 10.5. The van der Waals surface area contributed by atoms with Gasteiger partial charge in [-0.15, -0.1) is 0 Å². The second-order valence-corrected chi connectivity index (χ2v) is 4.58. The van der Waals surface area contributed by atoms with Crippen molar-refractivity contribution in [2.45, 2.75) is 26.3 Å². The van der Waals surface area contributed by atoms with Crippen LogP contribution in [0.4, 0.5) is 0 Å². The topological polar surface area (TPSA) is 55.1 Å². The number of nitrogens with zero attached hydrogens (tertiary/aromatic N) is 2. The average molecular weight is 244 g/mol. The van der Waals surface area contributed by atoms with E-state index in [1.807, 2.05) is 12.1 Å². The van der Waals surface area contributed by atoms with Crippen LogP contribution in [-0.2, 0) is 6.54 Å². The first-order valence-electron chi connectivity index (χ1n) is 5.92. The summed E-state index contributed by atoms with van der Waals surface area (Å²) in [5.74, 6) is -0.454. The van der Waals surface area contributed by atoms with Crippen molar-refractivity contribution in [3.05, 3.63) is 53.3 Å². The molecule has 0 aliphatic heterocycles. The van der Waals surface area contributed by atoms with Crippen LogP contribution in [0.25, 0.3) is 0 Å². The Hall–Kier alpha value is -2.10. The highest BCUT2D eigenvalue weighted by Crippen LogP contribution is 2.15. The van der Waals surface area contributed by atoms with E-state index in [0.717, 1.165) is 5.56 Å². The molecule has 0 atom stereocenters. The van der Waals surface area contributed by atoms with Gasteiger partial charge >= 0.3 is 5.97 Å². The van der Waals surface area contributed by atoms with Crippen LogP contribution in [-0.4, -0.2) is 20.9 Å². The first-order chi connectivity index (χ1) is 8.58. The molecule has 0 aliphatic carbocycles. The Morgan fingerprint density at radius 3 is 2.50 bits per heavy atom. The first kappa shape index (κ1) is 12.4. The molecule has 2 aromatic rings. The number of carbonyl (C=O) groups is 1. The summed E-state index contributed by atoms with van der Waals surface area (Å²) in [5.41, 5.74) is 2.53. The molecule has 0 radical (unpaired) electrons. The molecule has 0 spiro atoms. The smallest absolute Gasteiger partial charge is 0.354 e. The predicted octanol–water partition coefficient (Wildman–Crippen LogP) is 2.75. The lowest BCUT2D eigenvalue weighted by Crippen LogP contribution is -2.10. The zero-order chi connectivity index (χ0) is 13.1. The molecule has 1 N–H and O–H groups in total. The van der Waals surface area contributed by atoms with Crippen LogP contribution in [0.2, 0.25) is 0 Å². The monoisotopic (exact) mass is 244 g/mol. The van der Waals surface area contributed by atoms with Crippen LogP contribution < -0.4 is 0 Å². The van der Waals surface area contributed by atoms with E-state index in [4.69, 9.17) is 5.11 Å². The lowest BCUT2D eigenvalue weighted by molar-refractivity contribution is 0.0684. The van der Waals surface area contributed by atoms with Crippen molar-refractivity contribution in [3.8, 4) is 0 Å². The summed E-state index contributed by atoms with van der Waals surface area (Å²) in [5, 5.41) is 13.0. The SMILES string of the molecule is CC(C)c1ccc(Cn2nccc2C(=O)O)cc1. The van der Waals surface area contributed by atoms with E-state index in [1.54, 1.807) is 0 Å². The maximum atomic E-state index is 11.0. The molecule has 4 nitrogen and oxygen atoms in total. The summed E-state index contributed by atoms with van der Waals surface area (Å²) in [6, 6.07) is 9.68. The molecular formula is C14H16N2O2. The summed E-state index contributed by atoms with van der Waals surface area (Å²) in [4.78, 5) is 11.0. The third-order valence-electron chi connectivity index (χ3n) is 2.91. The van der Waals surface area contributed by atoms with E-state index in [0.29, 0.717) is 12.5 Å². The third-order valence-corrected chi connectivity index (χ3v) is 2.91. The molecule has 0 unspecified atom stereocenters. The van der Waals surface area contributed by atoms with Gasteiger partial charge in [0.2, 0.25) is 0 Å². The lowest BCUT2D eigenvalue weighted by Gasteiger charge is -2.08. The molecule has 0 amide bonds. The number of hydrogen-bond acceptors (Lipinski definition) is 2. The van der Waals surface area contributed by atoms with E-state index in [-0.39, 0.29) is 5.69 Å². The summed E-state index contributed by atoms with van der Waals surface area (Å²) in [6.45, 7) is 4.77. The van der Waals surface area contributed by atoms with Gasteiger partial charge in [0.1, 0.15) is 5.69 Å². The molecule has 1 heterocycles. The zero-order valence-electron chi connectivity index (χ0n) is 10.5. The molecule has 1 aromatic carbocycles. The van der Waals surface area contributed by atoms with E-state index in [1.165, 1.54) is 22.5 Å². The Balaban J connectivity index is 2.18. The Labute approximate surface area is 106 Å². The Bertz CT molecular complexity index is 541. The van der Waals surface area contributed by atoms with Crippen molar-refractivity contribution in [2.24, 2.45) is 0 Å². The van der Waals surface area contributed by atoms with Gasteiger partial charge in [-0.05, 0) is 23.1 Å². The van der Waals surface area contributed by atoms with Crippen molar-refractivity contribution < 1.29 is 9.90 Å². The van der Waals surface area contributed by atoms with Crippen molar-refractivity contribution in [2.75, 3.05) is 0 Å². The molecule has 0 aliphatic rings. The van der Waals surface area contributed by atoms with Gasteiger partial charge < -0.3 is 5.11 Å². The number of rotatable bonds is 4. The quantitative estimate of drug-likeness (QED) is 0.899. The van der Waals surface area contributed by atoms with Gasteiger partial charge in [-0.2, -0.15) is 5.10 Å². The van der Waals surface area contributed by atoms with Gasteiger partial charge in [0.25, 0.3) is 0 Å². The molecule has 4 heteroatoms. The summed E-state index contributed by atoms with van der Waals surface area (Å²) in [7, 11) is 0. The second-order valence-electron chi connectivity index (χ2n) is 4.58. The highest BCUT2D eigenvalue weighted by atomic mass is 16.4. The van der Waals surface area contributed by atoms with E-state index >= 15 is 0 Å². The average Bonchev–Trinajstić information content (AvgIpc) is 2.78. The van der Waals surface area contributed by atoms with E-state index in [9.17, 15) is 4.79 Å².